The first-order valence-electron chi connectivity index (χ1n) is 7.51. The topological polar surface area (TPSA) is 65.7 Å². The molecule has 1 aromatic rings. The summed E-state index contributed by atoms with van der Waals surface area (Å²) in [6, 6.07) is 12.3. The maximum atomic E-state index is 11.7. The molecule has 23 heavy (non-hydrogen) atoms. The number of hydrogen-bond donors (Lipinski definition) is 0. The quantitative estimate of drug-likeness (QED) is 0.476. The number of aliphatic imine (C=N–C) groups is 1. The van der Waals surface area contributed by atoms with Crippen LogP contribution in [-0.4, -0.2) is 29.9 Å². The van der Waals surface area contributed by atoms with Crippen LogP contribution in [0.25, 0.3) is 0 Å². The van der Waals surface area contributed by atoms with Crippen molar-refractivity contribution in [2.24, 2.45) is 4.99 Å². The highest BCUT2D eigenvalue weighted by atomic mass is 16.5. The molecule has 5 heteroatoms. The smallest absolute Gasteiger partial charge is 0.351 e. The first kappa shape index (κ1) is 16.5. The number of nitrogens with zero attached hydrogens (tertiary/aromatic N) is 3. The molecule has 0 radical (unpaired) electrons. The summed E-state index contributed by atoms with van der Waals surface area (Å²) in [5.74, 6) is -0.641. The Balaban J connectivity index is 2.07. The van der Waals surface area contributed by atoms with Gasteiger partial charge >= 0.3 is 5.97 Å². The van der Waals surface area contributed by atoms with Gasteiger partial charge in [0.2, 0.25) is 0 Å². The van der Waals surface area contributed by atoms with E-state index >= 15 is 0 Å². The molecule has 0 bridgehead atoms. The Kier molecular flexibility index (Phi) is 5.70. The Morgan fingerprint density at radius 3 is 2.70 bits per heavy atom. The molecule has 1 aliphatic heterocycles. The van der Waals surface area contributed by atoms with Crippen LogP contribution in [0.4, 0.5) is 0 Å². The van der Waals surface area contributed by atoms with Crippen LogP contribution in [-0.2, 0) is 16.0 Å². The molecule has 0 aromatic heterocycles. The average molecular weight is 309 g/mol. The summed E-state index contributed by atoms with van der Waals surface area (Å²) < 4.78 is 4.86. The van der Waals surface area contributed by atoms with Crippen LogP contribution < -0.4 is 0 Å². The minimum Gasteiger partial charge on any atom is -0.462 e. The van der Waals surface area contributed by atoms with Crippen LogP contribution in [0.1, 0.15) is 19.4 Å². The van der Waals surface area contributed by atoms with Crippen LogP contribution in [0.2, 0.25) is 0 Å². The number of allylic oxidation sites excluding steroid dienone is 1. The molecule has 0 saturated carbocycles. The van der Waals surface area contributed by atoms with Gasteiger partial charge in [0, 0.05) is 12.2 Å². The molecule has 1 heterocycles. The molecule has 1 aromatic carbocycles. The fraction of sp³-hybridized carbons (Fsp3) is 0.278. The Morgan fingerprint density at radius 1 is 1.39 bits per heavy atom. The van der Waals surface area contributed by atoms with Crippen LogP contribution in [0.3, 0.4) is 0 Å². The maximum Gasteiger partial charge on any atom is 0.351 e. The fourth-order valence-electron chi connectivity index (χ4n) is 2.25. The van der Waals surface area contributed by atoms with Gasteiger partial charge in [-0.2, -0.15) is 5.26 Å². The molecule has 0 amide bonds. The fourth-order valence-corrected chi connectivity index (χ4v) is 2.25. The maximum absolute atomic E-state index is 11.7. The normalized spacial score (nSPS) is 16.7. The molecule has 1 atom stereocenters. The van der Waals surface area contributed by atoms with Gasteiger partial charge in [-0.05, 0) is 31.9 Å². The minimum atomic E-state index is -0.641. The molecule has 0 fully saturated rings. The van der Waals surface area contributed by atoms with Gasteiger partial charge in [-0.3, -0.25) is 0 Å². The molecule has 1 aliphatic rings. The summed E-state index contributed by atoms with van der Waals surface area (Å²) >= 11 is 0. The molecule has 0 N–H and O–H groups in total. The van der Waals surface area contributed by atoms with Gasteiger partial charge in [0.1, 0.15) is 6.07 Å². The van der Waals surface area contributed by atoms with E-state index in [-0.39, 0.29) is 18.2 Å². The highest BCUT2D eigenvalue weighted by molar-refractivity contribution is 5.94. The molecule has 5 nitrogen and oxygen atoms in total. The van der Waals surface area contributed by atoms with Crippen molar-refractivity contribution in [3.05, 3.63) is 59.4 Å². The van der Waals surface area contributed by atoms with Crippen LogP contribution in [0, 0.1) is 11.3 Å². The van der Waals surface area contributed by atoms with Crippen LogP contribution >= 0.6 is 0 Å². The number of benzene rings is 1. The highest BCUT2D eigenvalue weighted by Crippen LogP contribution is 2.16. The third-order valence-electron chi connectivity index (χ3n) is 3.47. The van der Waals surface area contributed by atoms with E-state index in [2.05, 4.69) is 24.0 Å². The number of hydrogen-bond acceptors (Lipinski definition) is 5. The number of carbonyl (C=O) groups excluding carboxylic acids is 1. The van der Waals surface area contributed by atoms with E-state index in [1.165, 1.54) is 5.56 Å². The summed E-state index contributed by atoms with van der Waals surface area (Å²) in [4.78, 5) is 17.9. The molecular weight excluding hydrogens is 290 g/mol. The van der Waals surface area contributed by atoms with E-state index in [0.717, 1.165) is 6.42 Å². The minimum absolute atomic E-state index is 0.0743. The first-order chi connectivity index (χ1) is 11.2. The van der Waals surface area contributed by atoms with Gasteiger partial charge in [0.25, 0.3) is 0 Å². The third kappa shape index (κ3) is 4.30. The second-order valence-electron chi connectivity index (χ2n) is 5.14. The van der Waals surface area contributed by atoms with Crippen LogP contribution in [0.5, 0.6) is 0 Å². The van der Waals surface area contributed by atoms with Gasteiger partial charge in [-0.25, -0.2) is 9.79 Å². The van der Waals surface area contributed by atoms with E-state index in [9.17, 15) is 4.79 Å². The lowest BCUT2D eigenvalue weighted by molar-refractivity contribution is -0.138. The molecule has 118 valence electrons. The van der Waals surface area contributed by atoms with Crippen molar-refractivity contribution < 1.29 is 9.53 Å². The molecule has 0 saturated heterocycles. The molecule has 0 spiro atoms. The summed E-state index contributed by atoms with van der Waals surface area (Å²) in [6.45, 7) is 4.02. The lowest BCUT2D eigenvalue weighted by atomic mass is 10.1. The van der Waals surface area contributed by atoms with Crippen molar-refractivity contribution in [1.82, 2.24) is 4.90 Å². The van der Waals surface area contributed by atoms with Crippen molar-refractivity contribution in [3.63, 3.8) is 0 Å². The predicted molar refractivity (Wildman–Crippen MR) is 88.4 cm³/mol. The Morgan fingerprint density at radius 2 is 2.13 bits per heavy atom. The zero-order valence-corrected chi connectivity index (χ0v) is 13.3. The summed E-state index contributed by atoms with van der Waals surface area (Å²) in [5, 5.41) is 9.12. The highest BCUT2D eigenvalue weighted by Gasteiger charge is 2.18. The van der Waals surface area contributed by atoms with Gasteiger partial charge in [0.05, 0.1) is 18.6 Å². The van der Waals surface area contributed by atoms with E-state index in [1.807, 2.05) is 35.4 Å². The van der Waals surface area contributed by atoms with Crippen LogP contribution in [0.15, 0.2) is 58.9 Å². The molecule has 1 unspecified atom stereocenters. The summed E-state index contributed by atoms with van der Waals surface area (Å²) in [6.07, 6.45) is 6.00. The Bertz CT molecular complexity index is 668. The first-order valence-corrected chi connectivity index (χ1v) is 7.51. The van der Waals surface area contributed by atoms with Crippen molar-refractivity contribution in [3.8, 4) is 6.07 Å². The average Bonchev–Trinajstić information content (AvgIpc) is 2.57. The number of esters is 1. The lowest BCUT2D eigenvalue weighted by Gasteiger charge is -2.25. The van der Waals surface area contributed by atoms with Crippen molar-refractivity contribution in [2.75, 3.05) is 6.61 Å². The van der Waals surface area contributed by atoms with Gasteiger partial charge in [0.15, 0.2) is 5.57 Å². The number of carbonyl (C=O) groups is 1. The largest absolute Gasteiger partial charge is 0.462 e. The van der Waals surface area contributed by atoms with Gasteiger partial charge < -0.3 is 9.64 Å². The number of rotatable bonds is 5. The van der Waals surface area contributed by atoms with E-state index in [4.69, 9.17) is 10.00 Å². The molecule has 0 aliphatic carbocycles. The zero-order chi connectivity index (χ0) is 16.7. The van der Waals surface area contributed by atoms with E-state index in [0.29, 0.717) is 5.70 Å². The lowest BCUT2D eigenvalue weighted by Crippen LogP contribution is -2.30. The predicted octanol–water partition coefficient (Wildman–Crippen LogP) is 2.82. The van der Waals surface area contributed by atoms with Crippen molar-refractivity contribution in [1.29, 1.82) is 5.26 Å². The van der Waals surface area contributed by atoms with Gasteiger partial charge in [-0.1, -0.05) is 30.3 Å². The third-order valence-corrected chi connectivity index (χ3v) is 3.47. The second kappa shape index (κ2) is 7.95. The Labute approximate surface area is 136 Å². The Hall–Kier alpha value is -2.87. The zero-order valence-electron chi connectivity index (χ0n) is 13.3. The van der Waals surface area contributed by atoms with Crippen molar-refractivity contribution in [2.45, 2.75) is 26.3 Å². The number of nitriles is 1. The second-order valence-corrected chi connectivity index (χ2v) is 5.14. The summed E-state index contributed by atoms with van der Waals surface area (Å²) in [7, 11) is 0. The van der Waals surface area contributed by atoms with Crippen molar-refractivity contribution >= 4 is 12.3 Å². The van der Waals surface area contributed by atoms with E-state index < -0.39 is 5.97 Å². The summed E-state index contributed by atoms with van der Waals surface area (Å²) in [5.41, 5.74) is 1.50. The number of ether oxygens (including phenoxy) is 1. The molecular formula is C18H19N3O2. The molecule has 2 rings (SSSR count). The van der Waals surface area contributed by atoms with E-state index in [1.54, 1.807) is 19.3 Å². The standard InChI is InChI=1S/C18H19N3O2/c1-3-23-18(22)16(12-19)17-9-10-21(13-20-17)14(2)11-15-7-5-4-6-8-15/h4-10,13-14H,3,11H2,1-2H3. The van der Waals surface area contributed by atoms with Gasteiger partial charge in [-0.15, -0.1) is 0 Å². The monoisotopic (exact) mass is 309 g/mol. The SMILES string of the molecule is CCOC(=O)C(C#N)=C1C=CN(C(C)Cc2ccccc2)C=N1.